The number of aromatic amines is 1. The average molecular weight is 172 g/mol. The van der Waals surface area contributed by atoms with Crippen LogP contribution in [0.1, 0.15) is 6.92 Å². The number of H-pyrrole nitrogens is 1. The summed E-state index contributed by atoms with van der Waals surface area (Å²) >= 11 is 1.65. The fraction of sp³-hybridized carbons (Fsp3) is 0.667. The van der Waals surface area contributed by atoms with Crippen LogP contribution < -0.4 is 5.73 Å². The van der Waals surface area contributed by atoms with Gasteiger partial charge in [0, 0.05) is 5.75 Å². The standard InChI is InChI=1S/C6H12N4S/c1-5(2-7)3-11-6-8-4-9-10-6/h4-5H,2-3,7H2,1H3,(H,8,9,10). The first-order chi connectivity index (χ1) is 5.33. The molecular weight excluding hydrogens is 160 g/mol. The Morgan fingerprint density at radius 2 is 2.64 bits per heavy atom. The summed E-state index contributed by atoms with van der Waals surface area (Å²) in [6.45, 7) is 2.84. The maximum Gasteiger partial charge on any atom is 0.183 e. The molecule has 1 unspecified atom stereocenters. The van der Waals surface area contributed by atoms with Gasteiger partial charge in [0.25, 0.3) is 0 Å². The van der Waals surface area contributed by atoms with Gasteiger partial charge in [-0.05, 0) is 12.5 Å². The van der Waals surface area contributed by atoms with E-state index in [2.05, 4.69) is 22.1 Å². The van der Waals surface area contributed by atoms with Crippen LogP contribution in [-0.2, 0) is 0 Å². The van der Waals surface area contributed by atoms with E-state index in [9.17, 15) is 0 Å². The molecule has 0 amide bonds. The molecule has 1 rings (SSSR count). The van der Waals surface area contributed by atoms with Crippen molar-refractivity contribution in [2.45, 2.75) is 12.1 Å². The summed E-state index contributed by atoms with van der Waals surface area (Å²) in [6.07, 6.45) is 1.51. The number of thioether (sulfide) groups is 1. The first-order valence-corrected chi connectivity index (χ1v) is 4.49. The highest BCUT2D eigenvalue weighted by Crippen LogP contribution is 2.13. The predicted molar refractivity (Wildman–Crippen MR) is 45.3 cm³/mol. The monoisotopic (exact) mass is 172 g/mol. The molecule has 0 aliphatic heterocycles. The Kier molecular flexibility index (Phi) is 3.38. The van der Waals surface area contributed by atoms with Crippen LogP contribution in [0.2, 0.25) is 0 Å². The zero-order chi connectivity index (χ0) is 8.10. The van der Waals surface area contributed by atoms with Crippen molar-refractivity contribution in [2.24, 2.45) is 11.7 Å². The highest BCUT2D eigenvalue weighted by atomic mass is 32.2. The van der Waals surface area contributed by atoms with Crippen molar-refractivity contribution in [3.05, 3.63) is 6.33 Å². The number of rotatable bonds is 4. The summed E-state index contributed by atoms with van der Waals surface area (Å²) in [4.78, 5) is 3.98. The minimum absolute atomic E-state index is 0.532. The zero-order valence-corrected chi connectivity index (χ0v) is 7.27. The van der Waals surface area contributed by atoms with E-state index < -0.39 is 0 Å². The quantitative estimate of drug-likeness (QED) is 0.649. The average Bonchev–Trinajstić information content (AvgIpc) is 2.52. The minimum Gasteiger partial charge on any atom is -0.330 e. The molecule has 0 saturated heterocycles. The molecule has 0 fully saturated rings. The number of nitrogens with zero attached hydrogens (tertiary/aromatic N) is 2. The van der Waals surface area contributed by atoms with Crippen LogP contribution in [-0.4, -0.2) is 27.5 Å². The van der Waals surface area contributed by atoms with Crippen LogP contribution in [0, 0.1) is 5.92 Å². The summed E-state index contributed by atoms with van der Waals surface area (Å²) in [7, 11) is 0. The van der Waals surface area contributed by atoms with Crippen LogP contribution in [0.15, 0.2) is 11.5 Å². The number of nitrogens with two attached hydrogens (primary N) is 1. The third-order valence-corrected chi connectivity index (χ3v) is 2.51. The van der Waals surface area contributed by atoms with E-state index in [0.29, 0.717) is 5.92 Å². The fourth-order valence-corrected chi connectivity index (χ4v) is 1.37. The summed E-state index contributed by atoms with van der Waals surface area (Å²) < 4.78 is 0. The third kappa shape index (κ3) is 2.90. The molecule has 1 aromatic heterocycles. The molecule has 0 aliphatic carbocycles. The Labute approximate surface area is 70.0 Å². The van der Waals surface area contributed by atoms with Gasteiger partial charge >= 0.3 is 0 Å². The van der Waals surface area contributed by atoms with Crippen LogP contribution >= 0.6 is 11.8 Å². The van der Waals surface area contributed by atoms with Crippen LogP contribution in [0.5, 0.6) is 0 Å². The van der Waals surface area contributed by atoms with Crippen molar-refractivity contribution in [3.63, 3.8) is 0 Å². The summed E-state index contributed by atoms with van der Waals surface area (Å²) in [5.41, 5.74) is 5.45. The maximum absolute atomic E-state index is 5.45. The molecule has 0 bridgehead atoms. The van der Waals surface area contributed by atoms with Crippen molar-refractivity contribution < 1.29 is 0 Å². The molecule has 62 valence electrons. The van der Waals surface area contributed by atoms with Gasteiger partial charge in [-0.25, -0.2) is 4.98 Å². The number of hydrogen-bond acceptors (Lipinski definition) is 4. The molecule has 0 aromatic carbocycles. The molecule has 0 radical (unpaired) electrons. The van der Waals surface area contributed by atoms with Crippen LogP contribution in [0.4, 0.5) is 0 Å². The van der Waals surface area contributed by atoms with Crippen molar-refractivity contribution >= 4 is 11.8 Å². The molecule has 1 atom stereocenters. The van der Waals surface area contributed by atoms with E-state index in [4.69, 9.17) is 5.73 Å². The molecule has 11 heavy (non-hydrogen) atoms. The van der Waals surface area contributed by atoms with Crippen LogP contribution in [0.3, 0.4) is 0 Å². The lowest BCUT2D eigenvalue weighted by Gasteiger charge is -2.04. The van der Waals surface area contributed by atoms with Gasteiger partial charge in [0.2, 0.25) is 0 Å². The topological polar surface area (TPSA) is 67.6 Å². The smallest absolute Gasteiger partial charge is 0.183 e. The zero-order valence-electron chi connectivity index (χ0n) is 6.45. The first-order valence-electron chi connectivity index (χ1n) is 3.51. The number of aromatic nitrogens is 3. The number of nitrogens with one attached hydrogen (secondary N) is 1. The SMILES string of the molecule is CC(CN)CSc1ncn[nH]1. The van der Waals surface area contributed by atoms with E-state index >= 15 is 0 Å². The van der Waals surface area contributed by atoms with Gasteiger partial charge in [-0.2, -0.15) is 5.10 Å². The highest BCUT2D eigenvalue weighted by molar-refractivity contribution is 7.99. The van der Waals surface area contributed by atoms with Crippen molar-refractivity contribution in [2.75, 3.05) is 12.3 Å². The predicted octanol–water partition coefficient (Wildman–Crippen LogP) is 0.492. The molecule has 0 aliphatic rings. The van der Waals surface area contributed by atoms with Gasteiger partial charge in [0.15, 0.2) is 5.16 Å². The first kappa shape index (κ1) is 8.55. The van der Waals surface area contributed by atoms with Crippen molar-refractivity contribution in [1.29, 1.82) is 0 Å². The Morgan fingerprint density at radius 3 is 3.18 bits per heavy atom. The fourth-order valence-electron chi connectivity index (χ4n) is 0.553. The summed E-state index contributed by atoms with van der Waals surface area (Å²) in [5, 5.41) is 7.38. The van der Waals surface area contributed by atoms with Crippen molar-refractivity contribution in [3.8, 4) is 0 Å². The Balaban J connectivity index is 2.23. The Bertz CT molecular complexity index is 186. The lowest BCUT2D eigenvalue weighted by molar-refractivity contribution is 0.674. The largest absolute Gasteiger partial charge is 0.330 e. The van der Waals surface area contributed by atoms with Gasteiger partial charge in [0.1, 0.15) is 6.33 Å². The van der Waals surface area contributed by atoms with Gasteiger partial charge in [0.05, 0.1) is 0 Å². The molecular formula is C6H12N4S. The second-order valence-electron chi connectivity index (χ2n) is 2.44. The van der Waals surface area contributed by atoms with E-state index in [1.807, 2.05) is 0 Å². The van der Waals surface area contributed by atoms with Crippen LogP contribution in [0.25, 0.3) is 0 Å². The highest BCUT2D eigenvalue weighted by Gasteiger charge is 2.01. The Morgan fingerprint density at radius 1 is 1.82 bits per heavy atom. The Hall–Kier alpha value is -0.550. The van der Waals surface area contributed by atoms with E-state index in [1.165, 1.54) is 6.33 Å². The van der Waals surface area contributed by atoms with Gasteiger partial charge in [-0.3, -0.25) is 5.10 Å². The van der Waals surface area contributed by atoms with Gasteiger partial charge in [-0.15, -0.1) is 0 Å². The molecule has 1 heterocycles. The van der Waals surface area contributed by atoms with Crippen molar-refractivity contribution in [1.82, 2.24) is 15.2 Å². The van der Waals surface area contributed by atoms with E-state index in [-0.39, 0.29) is 0 Å². The maximum atomic E-state index is 5.45. The molecule has 5 heteroatoms. The van der Waals surface area contributed by atoms with Gasteiger partial charge < -0.3 is 5.73 Å². The minimum atomic E-state index is 0.532. The number of hydrogen-bond donors (Lipinski definition) is 2. The molecule has 0 saturated carbocycles. The molecule has 1 aromatic rings. The lowest BCUT2D eigenvalue weighted by atomic mass is 10.2. The van der Waals surface area contributed by atoms with Gasteiger partial charge in [-0.1, -0.05) is 18.7 Å². The normalized spacial score (nSPS) is 13.3. The summed E-state index contributed by atoms with van der Waals surface area (Å²) in [6, 6.07) is 0. The second-order valence-corrected chi connectivity index (χ2v) is 3.45. The third-order valence-electron chi connectivity index (χ3n) is 1.30. The molecule has 4 nitrogen and oxygen atoms in total. The molecule has 0 spiro atoms. The van der Waals surface area contributed by atoms with E-state index in [0.717, 1.165) is 17.5 Å². The molecule has 3 N–H and O–H groups in total. The lowest BCUT2D eigenvalue weighted by Crippen LogP contribution is -2.12. The summed E-state index contributed by atoms with van der Waals surface area (Å²) in [5.74, 6) is 1.52. The second kappa shape index (κ2) is 4.35. The van der Waals surface area contributed by atoms with E-state index in [1.54, 1.807) is 11.8 Å².